The molecule has 0 bridgehead atoms. The van der Waals surface area contributed by atoms with Gasteiger partial charge in [0.25, 0.3) is 0 Å². The molecule has 4 aliphatic carbocycles. The number of epoxide rings is 1. The predicted molar refractivity (Wildman–Crippen MR) is 200 cm³/mol. The normalized spacial score (nSPS) is 38.5. The van der Waals surface area contributed by atoms with Crippen LogP contribution in [0.5, 0.6) is 5.75 Å². The van der Waals surface area contributed by atoms with Crippen LogP contribution in [-0.2, 0) is 20.9 Å². The monoisotopic (exact) mass is 706 g/mol. The highest BCUT2D eigenvalue weighted by molar-refractivity contribution is 6.00. The fourth-order valence-corrected chi connectivity index (χ4v) is 12.8. The van der Waals surface area contributed by atoms with Crippen LogP contribution in [0.1, 0.15) is 131 Å². The van der Waals surface area contributed by atoms with Gasteiger partial charge in [-0.2, -0.15) is 0 Å². The van der Waals surface area contributed by atoms with Gasteiger partial charge in [-0.1, -0.05) is 59.6 Å². The van der Waals surface area contributed by atoms with Gasteiger partial charge in [0.05, 0.1) is 17.8 Å². The first-order valence-electron chi connectivity index (χ1n) is 19.8. The average molecular weight is 707 g/mol. The van der Waals surface area contributed by atoms with Crippen molar-refractivity contribution in [1.29, 1.82) is 0 Å². The number of ketones is 2. The predicted octanol–water partition coefficient (Wildman–Crippen LogP) is 6.60. The number of aliphatic hydroxyl groups is 2. The van der Waals surface area contributed by atoms with Gasteiger partial charge in [0, 0.05) is 42.3 Å². The van der Waals surface area contributed by atoms with Crippen molar-refractivity contribution in [3.63, 3.8) is 0 Å². The van der Waals surface area contributed by atoms with Gasteiger partial charge in [-0.25, -0.2) is 0 Å². The second-order valence-electron chi connectivity index (χ2n) is 19.1. The first-order chi connectivity index (χ1) is 23.7. The van der Waals surface area contributed by atoms with Gasteiger partial charge in [0.2, 0.25) is 0 Å². The second kappa shape index (κ2) is 13.3. The summed E-state index contributed by atoms with van der Waals surface area (Å²) in [5, 5.41) is 39.6. The molecule has 1 heterocycles. The Labute approximate surface area is 306 Å². The van der Waals surface area contributed by atoms with E-state index in [1.165, 1.54) is 5.57 Å². The SMILES string of the molecule is CCC[C@H](C[C@@H](O)[C@H]1OC1(C)C)C1=C2CC[C@@H]3[C@]4(C)C[C@H](c5cc(O)cc(CNC)c5)C(=O)C(C)(C)[C@@H]4[C@@H](NC[C@H](C)O)C[C@]3(C)[C@@]2(C)CC1=O. The van der Waals surface area contributed by atoms with Crippen molar-refractivity contribution in [1.82, 2.24) is 10.6 Å². The van der Waals surface area contributed by atoms with Crippen LogP contribution in [0.3, 0.4) is 0 Å². The second-order valence-corrected chi connectivity index (χ2v) is 19.1. The fraction of sp³-hybridized carbons (Fsp3) is 0.767. The molecule has 284 valence electrons. The lowest BCUT2D eigenvalue weighted by Gasteiger charge is -2.70. The van der Waals surface area contributed by atoms with Crippen LogP contribution in [-0.4, -0.2) is 70.4 Å². The molecule has 5 N–H and O–H groups in total. The number of phenols is 1. The minimum atomic E-state index is -0.668. The van der Waals surface area contributed by atoms with E-state index in [0.717, 1.165) is 48.8 Å². The Bertz CT molecular complexity index is 1560. The maximum absolute atomic E-state index is 14.7. The van der Waals surface area contributed by atoms with Crippen molar-refractivity contribution in [3.05, 3.63) is 40.5 Å². The molecule has 0 spiro atoms. The molecule has 5 aliphatic rings. The zero-order valence-electron chi connectivity index (χ0n) is 33.0. The Morgan fingerprint density at radius 3 is 2.31 bits per heavy atom. The average Bonchev–Trinajstić information content (AvgIpc) is 3.57. The number of aliphatic hydroxyl groups excluding tert-OH is 2. The summed E-state index contributed by atoms with van der Waals surface area (Å²) in [4.78, 5) is 29.2. The van der Waals surface area contributed by atoms with E-state index in [4.69, 9.17) is 4.74 Å². The summed E-state index contributed by atoms with van der Waals surface area (Å²) in [6, 6.07) is 5.61. The van der Waals surface area contributed by atoms with Gasteiger partial charge in [0.1, 0.15) is 17.6 Å². The summed E-state index contributed by atoms with van der Waals surface area (Å²) in [7, 11) is 1.88. The molecule has 0 aromatic heterocycles. The maximum atomic E-state index is 14.7. The molecule has 1 aliphatic heterocycles. The van der Waals surface area contributed by atoms with Crippen molar-refractivity contribution < 1.29 is 29.6 Å². The summed E-state index contributed by atoms with van der Waals surface area (Å²) in [6.45, 7) is 20.5. The number of allylic oxidation sites excluding steroid dienone is 2. The van der Waals surface area contributed by atoms with Crippen LogP contribution in [0.2, 0.25) is 0 Å². The molecule has 6 rings (SSSR count). The molecule has 1 aromatic rings. The number of hydrogen-bond acceptors (Lipinski definition) is 8. The third-order valence-electron chi connectivity index (χ3n) is 14.9. The number of carbonyl (C=O) groups excluding carboxylic acids is 2. The van der Waals surface area contributed by atoms with Crippen molar-refractivity contribution in [2.45, 2.75) is 156 Å². The maximum Gasteiger partial charge on any atom is 0.160 e. The number of phenolic OH excluding ortho intramolecular Hbond substituents is 1. The molecule has 0 radical (unpaired) electrons. The lowest BCUT2D eigenvalue weighted by molar-refractivity contribution is -0.193. The summed E-state index contributed by atoms with van der Waals surface area (Å²) in [5.41, 5.74) is 2.23. The third kappa shape index (κ3) is 6.27. The lowest BCUT2D eigenvalue weighted by atomic mass is 9.34. The van der Waals surface area contributed by atoms with Gasteiger partial charge < -0.3 is 30.7 Å². The Hall–Kier alpha value is -2.10. The highest BCUT2D eigenvalue weighted by Gasteiger charge is 2.71. The molecule has 0 amide bonds. The van der Waals surface area contributed by atoms with E-state index in [9.17, 15) is 24.9 Å². The number of Topliss-reactive ketones (excluding diaryl/α,β-unsaturated/α-hetero) is 2. The Morgan fingerprint density at radius 1 is 1.02 bits per heavy atom. The number of aromatic hydroxyl groups is 1. The van der Waals surface area contributed by atoms with Crippen LogP contribution in [0.4, 0.5) is 0 Å². The Balaban J connectivity index is 1.44. The summed E-state index contributed by atoms with van der Waals surface area (Å²) < 4.78 is 5.83. The molecule has 0 unspecified atom stereocenters. The number of benzene rings is 1. The van der Waals surface area contributed by atoms with E-state index in [-0.39, 0.29) is 75.0 Å². The van der Waals surface area contributed by atoms with Crippen molar-refractivity contribution >= 4 is 11.6 Å². The van der Waals surface area contributed by atoms with Crippen molar-refractivity contribution in [3.8, 4) is 5.75 Å². The summed E-state index contributed by atoms with van der Waals surface area (Å²) >= 11 is 0. The topological polar surface area (TPSA) is 131 Å². The largest absolute Gasteiger partial charge is 0.508 e. The number of ether oxygens (including phenoxy) is 1. The van der Waals surface area contributed by atoms with E-state index in [0.29, 0.717) is 32.4 Å². The number of rotatable bonds is 12. The van der Waals surface area contributed by atoms with Crippen LogP contribution in [0, 0.1) is 39.4 Å². The highest BCUT2D eigenvalue weighted by atomic mass is 16.6. The van der Waals surface area contributed by atoms with Crippen LogP contribution >= 0.6 is 0 Å². The van der Waals surface area contributed by atoms with Gasteiger partial charge >= 0.3 is 0 Å². The fourth-order valence-electron chi connectivity index (χ4n) is 12.8. The van der Waals surface area contributed by atoms with Crippen LogP contribution < -0.4 is 10.6 Å². The minimum absolute atomic E-state index is 0.00117. The van der Waals surface area contributed by atoms with Gasteiger partial charge in [-0.3, -0.25) is 9.59 Å². The van der Waals surface area contributed by atoms with E-state index >= 15 is 0 Å². The number of carbonyl (C=O) groups is 2. The Kier molecular flexibility index (Phi) is 10.1. The quantitative estimate of drug-likeness (QED) is 0.154. The molecule has 51 heavy (non-hydrogen) atoms. The van der Waals surface area contributed by atoms with Crippen LogP contribution in [0.25, 0.3) is 0 Å². The standard InChI is InChI=1S/C43H66N2O6/c1-11-12-26(18-32(48)38-40(5,6)51-38)35-30-13-14-34-41(7)19-29(27-15-25(23-44-10)16-28(47)17-27)37(50)39(3,4)36(41)31(45-22-24(2)46)20-43(34,9)42(30,8)21-33(35)49/h15-17,24,26,29,31-32,34,36,38,44-48H,11-14,18-23H2,1-10H3/t24-,26+,29+,31-,32+,34+,36-,38+,41-,42-,43-/m0/s1. The number of fused-ring (bicyclic) bond motifs is 5. The smallest absolute Gasteiger partial charge is 0.160 e. The number of hydrogen-bond donors (Lipinski definition) is 5. The van der Waals surface area contributed by atoms with E-state index < -0.39 is 17.6 Å². The lowest BCUT2D eigenvalue weighted by Crippen LogP contribution is -2.69. The molecule has 11 atom stereocenters. The Morgan fingerprint density at radius 2 is 1.71 bits per heavy atom. The first-order valence-corrected chi connectivity index (χ1v) is 19.8. The molecular weight excluding hydrogens is 640 g/mol. The molecule has 3 saturated carbocycles. The van der Waals surface area contributed by atoms with Crippen molar-refractivity contribution in [2.75, 3.05) is 13.6 Å². The van der Waals surface area contributed by atoms with E-state index in [1.54, 1.807) is 19.1 Å². The van der Waals surface area contributed by atoms with E-state index in [1.807, 2.05) is 20.9 Å². The van der Waals surface area contributed by atoms with Gasteiger partial charge in [-0.05, 0) is 124 Å². The minimum Gasteiger partial charge on any atom is -0.508 e. The zero-order chi connectivity index (χ0) is 37.5. The molecule has 8 heteroatoms. The van der Waals surface area contributed by atoms with Gasteiger partial charge in [-0.15, -0.1) is 0 Å². The van der Waals surface area contributed by atoms with Gasteiger partial charge in [0.15, 0.2) is 5.78 Å². The summed E-state index contributed by atoms with van der Waals surface area (Å²) in [6.07, 6.45) is 4.76. The third-order valence-corrected chi connectivity index (χ3v) is 14.9. The molecule has 8 nitrogen and oxygen atoms in total. The molecular formula is C43H66N2O6. The number of nitrogens with one attached hydrogen (secondary N) is 2. The molecule has 1 aromatic carbocycles. The highest BCUT2D eigenvalue weighted by Crippen LogP contribution is 2.75. The van der Waals surface area contributed by atoms with Crippen LogP contribution in [0.15, 0.2) is 29.3 Å². The molecule has 1 saturated heterocycles. The first kappa shape index (κ1) is 38.6. The van der Waals surface area contributed by atoms with E-state index in [2.05, 4.69) is 58.2 Å². The van der Waals surface area contributed by atoms with Crippen molar-refractivity contribution in [2.24, 2.45) is 39.4 Å². The zero-order valence-corrected chi connectivity index (χ0v) is 33.0. The molecule has 4 fully saturated rings. The summed E-state index contributed by atoms with van der Waals surface area (Å²) in [5.74, 6) is 0.544.